The summed E-state index contributed by atoms with van der Waals surface area (Å²) in [5.74, 6) is -0.000556. The van der Waals surface area contributed by atoms with Gasteiger partial charge in [-0.3, -0.25) is 9.69 Å². The molecule has 2 rings (SSSR count). The number of hydrogen-bond acceptors (Lipinski definition) is 2. The molecule has 0 aromatic carbocycles. The lowest BCUT2D eigenvalue weighted by Gasteiger charge is -2.29. The van der Waals surface area contributed by atoms with Gasteiger partial charge in [-0.25, -0.2) is 4.79 Å². The first kappa shape index (κ1) is 11.4. The molecule has 0 saturated carbocycles. The number of nitrogens with zero attached hydrogens (tertiary/aromatic N) is 2. The minimum atomic E-state index is -0.402. The summed E-state index contributed by atoms with van der Waals surface area (Å²) in [6.07, 6.45) is 4.03. The molecule has 0 spiro atoms. The van der Waals surface area contributed by atoms with Crippen LogP contribution >= 0.6 is 0 Å². The molecule has 2 fully saturated rings. The Hall–Kier alpha value is -1.06. The second kappa shape index (κ2) is 3.75. The maximum Gasteiger partial charge on any atom is 0.327 e. The van der Waals surface area contributed by atoms with E-state index in [0.717, 1.165) is 32.2 Å². The average molecular weight is 224 g/mol. The van der Waals surface area contributed by atoms with Gasteiger partial charge in [0.15, 0.2) is 0 Å². The Bertz CT molecular complexity index is 295. The van der Waals surface area contributed by atoms with Gasteiger partial charge in [-0.15, -0.1) is 0 Å². The van der Waals surface area contributed by atoms with E-state index in [1.807, 2.05) is 20.8 Å². The molecule has 2 saturated heterocycles. The van der Waals surface area contributed by atoms with E-state index in [2.05, 4.69) is 0 Å². The van der Waals surface area contributed by atoms with Crippen LogP contribution in [0.5, 0.6) is 0 Å². The number of urea groups is 1. The lowest BCUT2D eigenvalue weighted by atomic mass is 10.1. The molecule has 0 radical (unpaired) electrons. The summed E-state index contributed by atoms with van der Waals surface area (Å²) in [4.78, 5) is 27.6. The molecule has 0 N–H and O–H groups in total. The normalized spacial score (nSPS) is 27.1. The van der Waals surface area contributed by atoms with Crippen LogP contribution in [-0.4, -0.2) is 39.9 Å². The summed E-state index contributed by atoms with van der Waals surface area (Å²) in [5, 5.41) is 0. The van der Waals surface area contributed by atoms with Crippen molar-refractivity contribution in [2.45, 2.75) is 58.0 Å². The fourth-order valence-corrected chi connectivity index (χ4v) is 2.58. The molecule has 1 unspecified atom stereocenters. The Balaban J connectivity index is 2.28. The van der Waals surface area contributed by atoms with Gasteiger partial charge in [-0.1, -0.05) is 12.8 Å². The molecule has 1 atom stereocenters. The maximum absolute atomic E-state index is 12.2. The summed E-state index contributed by atoms with van der Waals surface area (Å²) >= 11 is 0. The fourth-order valence-electron chi connectivity index (χ4n) is 2.58. The predicted octanol–water partition coefficient (Wildman–Crippen LogP) is 1.99. The Morgan fingerprint density at radius 1 is 1.12 bits per heavy atom. The molecular formula is C12H20N2O2. The zero-order chi connectivity index (χ0) is 11.9. The van der Waals surface area contributed by atoms with E-state index in [9.17, 15) is 9.59 Å². The van der Waals surface area contributed by atoms with Gasteiger partial charge in [0, 0.05) is 12.1 Å². The van der Waals surface area contributed by atoms with Crippen LogP contribution in [0, 0.1) is 0 Å². The molecule has 2 heterocycles. The van der Waals surface area contributed by atoms with Gasteiger partial charge in [0.25, 0.3) is 5.91 Å². The van der Waals surface area contributed by atoms with Crippen LogP contribution in [0.15, 0.2) is 0 Å². The van der Waals surface area contributed by atoms with Gasteiger partial charge in [0.05, 0.1) is 0 Å². The molecule has 2 aliphatic rings. The second-order valence-electron chi connectivity index (χ2n) is 5.69. The third-order valence-electron chi connectivity index (χ3n) is 3.37. The molecular weight excluding hydrogens is 204 g/mol. The van der Waals surface area contributed by atoms with E-state index in [1.165, 1.54) is 4.90 Å². The highest BCUT2D eigenvalue weighted by atomic mass is 16.2. The highest BCUT2D eigenvalue weighted by Crippen LogP contribution is 2.30. The van der Waals surface area contributed by atoms with Gasteiger partial charge in [-0.2, -0.15) is 0 Å². The van der Waals surface area contributed by atoms with Crippen LogP contribution in [0.4, 0.5) is 4.79 Å². The van der Waals surface area contributed by atoms with E-state index in [4.69, 9.17) is 0 Å². The standard InChI is InChI=1S/C12H20N2O2/c1-12(2,3)14-10(15)9-7-5-4-6-8-13(9)11(14)16/h9H,4-8H2,1-3H3. The quantitative estimate of drug-likeness (QED) is 0.590. The molecule has 0 aliphatic carbocycles. The van der Waals surface area contributed by atoms with Crippen molar-refractivity contribution in [2.24, 2.45) is 0 Å². The zero-order valence-corrected chi connectivity index (χ0v) is 10.3. The van der Waals surface area contributed by atoms with E-state index in [1.54, 1.807) is 4.90 Å². The topological polar surface area (TPSA) is 40.6 Å². The summed E-state index contributed by atoms with van der Waals surface area (Å²) < 4.78 is 0. The van der Waals surface area contributed by atoms with Crippen molar-refractivity contribution in [1.82, 2.24) is 9.80 Å². The molecule has 4 heteroatoms. The van der Waals surface area contributed by atoms with Gasteiger partial charge >= 0.3 is 6.03 Å². The number of fused-ring (bicyclic) bond motifs is 1. The average Bonchev–Trinajstić information content (AvgIpc) is 2.39. The van der Waals surface area contributed by atoms with Crippen LogP contribution in [-0.2, 0) is 4.79 Å². The van der Waals surface area contributed by atoms with Gasteiger partial charge in [0.1, 0.15) is 6.04 Å². The summed E-state index contributed by atoms with van der Waals surface area (Å²) in [7, 11) is 0. The fraction of sp³-hybridized carbons (Fsp3) is 0.833. The zero-order valence-electron chi connectivity index (χ0n) is 10.3. The number of carbonyl (C=O) groups is 2. The van der Waals surface area contributed by atoms with Crippen molar-refractivity contribution in [3.8, 4) is 0 Å². The number of rotatable bonds is 0. The van der Waals surface area contributed by atoms with Crippen LogP contribution in [0.1, 0.15) is 46.5 Å². The lowest BCUT2D eigenvalue weighted by molar-refractivity contribution is -0.131. The Morgan fingerprint density at radius 2 is 1.81 bits per heavy atom. The Labute approximate surface area is 96.6 Å². The highest BCUT2D eigenvalue weighted by Gasteiger charge is 2.49. The van der Waals surface area contributed by atoms with Crippen LogP contribution in [0.3, 0.4) is 0 Å². The number of carbonyl (C=O) groups excluding carboxylic acids is 2. The second-order valence-corrected chi connectivity index (χ2v) is 5.69. The first-order valence-electron chi connectivity index (χ1n) is 6.07. The number of imide groups is 1. The van der Waals surface area contributed by atoms with Crippen molar-refractivity contribution >= 4 is 11.9 Å². The van der Waals surface area contributed by atoms with Crippen LogP contribution in [0.2, 0.25) is 0 Å². The van der Waals surface area contributed by atoms with Crippen molar-refractivity contribution in [3.63, 3.8) is 0 Å². The molecule has 2 aliphatic heterocycles. The largest absolute Gasteiger partial charge is 0.327 e. The van der Waals surface area contributed by atoms with Crippen molar-refractivity contribution in [2.75, 3.05) is 6.54 Å². The summed E-state index contributed by atoms with van der Waals surface area (Å²) in [6.45, 7) is 6.47. The minimum Gasteiger partial charge on any atom is -0.312 e. The minimum absolute atomic E-state index is 0.000556. The first-order valence-corrected chi connectivity index (χ1v) is 6.07. The lowest BCUT2D eigenvalue weighted by Crippen LogP contribution is -2.46. The van der Waals surface area contributed by atoms with Gasteiger partial charge in [-0.05, 0) is 33.6 Å². The SMILES string of the molecule is CC(C)(C)N1C(=O)C2CCCCCN2C1=O. The molecule has 0 aromatic rings. The smallest absolute Gasteiger partial charge is 0.312 e. The van der Waals surface area contributed by atoms with Crippen molar-refractivity contribution in [3.05, 3.63) is 0 Å². The number of hydrogen-bond donors (Lipinski definition) is 0. The van der Waals surface area contributed by atoms with E-state index in [0.29, 0.717) is 0 Å². The highest BCUT2D eigenvalue weighted by molar-refractivity contribution is 6.04. The number of amides is 3. The van der Waals surface area contributed by atoms with Gasteiger partial charge in [0.2, 0.25) is 0 Å². The summed E-state index contributed by atoms with van der Waals surface area (Å²) in [5.41, 5.74) is -0.402. The first-order chi connectivity index (χ1) is 7.43. The van der Waals surface area contributed by atoms with E-state index >= 15 is 0 Å². The molecule has 4 nitrogen and oxygen atoms in total. The molecule has 0 bridgehead atoms. The third-order valence-corrected chi connectivity index (χ3v) is 3.37. The van der Waals surface area contributed by atoms with E-state index in [-0.39, 0.29) is 18.0 Å². The van der Waals surface area contributed by atoms with Crippen molar-refractivity contribution in [1.29, 1.82) is 0 Å². The Kier molecular flexibility index (Phi) is 2.68. The maximum atomic E-state index is 12.2. The summed E-state index contributed by atoms with van der Waals surface area (Å²) in [6, 6.07) is -0.279. The third kappa shape index (κ3) is 1.70. The molecule has 16 heavy (non-hydrogen) atoms. The van der Waals surface area contributed by atoms with E-state index < -0.39 is 5.54 Å². The van der Waals surface area contributed by atoms with Crippen LogP contribution in [0.25, 0.3) is 0 Å². The van der Waals surface area contributed by atoms with Crippen LogP contribution < -0.4 is 0 Å². The monoisotopic (exact) mass is 224 g/mol. The van der Waals surface area contributed by atoms with Crippen molar-refractivity contribution < 1.29 is 9.59 Å². The molecule has 0 aromatic heterocycles. The van der Waals surface area contributed by atoms with Gasteiger partial charge < -0.3 is 4.90 Å². The predicted molar refractivity (Wildman–Crippen MR) is 61.0 cm³/mol. The Morgan fingerprint density at radius 3 is 2.44 bits per heavy atom. The molecule has 3 amide bonds. The molecule has 90 valence electrons.